The molecule has 11 heteroatoms. The molecule has 2 aromatic heterocycles. The van der Waals surface area contributed by atoms with E-state index in [0.717, 1.165) is 54.3 Å². The molecule has 8 nitrogen and oxygen atoms in total. The number of nitrogens with two attached hydrogens (primary N) is 1. The van der Waals surface area contributed by atoms with Crippen LogP contribution in [0, 0.1) is 5.82 Å². The summed E-state index contributed by atoms with van der Waals surface area (Å²) in [7, 11) is 3.70. The number of nitrogens with one attached hydrogen (secondary N) is 3. The Bertz CT molecular complexity index is 1670. The van der Waals surface area contributed by atoms with Crippen molar-refractivity contribution in [2.24, 2.45) is 10.7 Å². The van der Waals surface area contributed by atoms with Gasteiger partial charge in [0.15, 0.2) is 11.0 Å². The minimum absolute atomic E-state index is 0.0659. The minimum atomic E-state index is -0.505. The molecule has 1 aliphatic rings. The molecule has 1 fully saturated rings. The summed E-state index contributed by atoms with van der Waals surface area (Å²) in [4.78, 5) is 24.7. The van der Waals surface area contributed by atoms with Crippen molar-refractivity contribution in [3.8, 4) is 16.9 Å². The zero-order valence-electron chi connectivity index (χ0n) is 25.5. The maximum Gasteiger partial charge on any atom is 0.354 e. The molecule has 3 atom stereocenters. The van der Waals surface area contributed by atoms with E-state index in [-0.39, 0.29) is 17.1 Å². The highest BCUT2D eigenvalue weighted by Gasteiger charge is 2.22. The van der Waals surface area contributed by atoms with Crippen molar-refractivity contribution in [2.75, 3.05) is 19.8 Å². The highest BCUT2D eigenvalue weighted by molar-refractivity contribution is 8.13. The average molecular weight is 638 g/mol. The van der Waals surface area contributed by atoms with E-state index in [1.54, 1.807) is 37.1 Å². The number of nitrogens with zero attached hydrogens (tertiary/aromatic N) is 3. The summed E-state index contributed by atoms with van der Waals surface area (Å²) in [5.74, 6) is 0.504. The van der Waals surface area contributed by atoms with Crippen molar-refractivity contribution in [3.05, 3.63) is 81.1 Å². The van der Waals surface area contributed by atoms with Gasteiger partial charge in [0, 0.05) is 55.1 Å². The molecule has 2 aromatic carbocycles. The molecule has 0 bridgehead atoms. The molecule has 5 rings (SSSR count). The van der Waals surface area contributed by atoms with Crippen LogP contribution in [0.25, 0.3) is 28.0 Å². The molecule has 44 heavy (non-hydrogen) atoms. The third-order valence-electron chi connectivity index (χ3n) is 8.19. The Kier molecular flexibility index (Phi) is 10.8. The highest BCUT2D eigenvalue weighted by Crippen LogP contribution is 2.32. The summed E-state index contributed by atoms with van der Waals surface area (Å²) >= 11 is 8.02. The molecular weight excluding hydrogens is 597 g/mol. The van der Waals surface area contributed by atoms with Crippen LogP contribution in [0.1, 0.15) is 62.6 Å². The van der Waals surface area contributed by atoms with E-state index < -0.39 is 11.5 Å². The lowest BCUT2D eigenvalue weighted by Gasteiger charge is -2.31. The molecule has 5 N–H and O–H groups in total. The number of aliphatic imine (C=N–C) groups is 1. The topological polar surface area (TPSA) is 113 Å². The molecular formula is C33H41ClFN7OS. The largest absolute Gasteiger partial charge is 0.368 e. The Labute approximate surface area is 267 Å². The van der Waals surface area contributed by atoms with Gasteiger partial charge in [-0.05, 0) is 86.9 Å². The second-order valence-corrected chi connectivity index (χ2v) is 13.0. The van der Waals surface area contributed by atoms with Gasteiger partial charge in [-0.25, -0.2) is 9.18 Å². The van der Waals surface area contributed by atoms with Gasteiger partial charge < -0.3 is 21.4 Å². The number of aryl methyl sites for hydroxylation is 1. The van der Waals surface area contributed by atoms with Crippen LogP contribution < -0.4 is 22.1 Å². The van der Waals surface area contributed by atoms with E-state index in [2.05, 4.69) is 37.7 Å². The summed E-state index contributed by atoms with van der Waals surface area (Å²) in [6, 6.07) is 14.2. The number of H-pyrrole nitrogens is 1. The predicted molar refractivity (Wildman–Crippen MR) is 182 cm³/mol. The fourth-order valence-corrected chi connectivity index (χ4v) is 6.97. The van der Waals surface area contributed by atoms with E-state index in [9.17, 15) is 4.79 Å². The maximum atomic E-state index is 15.1. The van der Waals surface area contributed by atoms with Crippen LogP contribution in [-0.2, 0) is 6.42 Å². The molecule has 0 radical (unpaired) electrons. The minimum Gasteiger partial charge on any atom is -0.368 e. The summed E-state index contributed by atoms with van der Waals surface area (Å²) < 4.78 is 16.7. The molecule has 0 saturated carbocycles. The van der Waals surface area contributed by atoms with Gasteiger partial charge in [0.1, 0.15) is 5.65 Å². The van der Waals surface area contributed by atoms with Crippen LogP contribution in [0.2, 0.25) is 5.02 Å². The van der Waals surface area contributed by atoms with E-state index in [0.29, 0.717) is 28.3 Å². The number of benzene rings is 2. The number of aromatic amines is 1. The van der Waals surface area contributed by atoms with Gasteiger partial charge in [-0.15, -0.1) is 0 Å². The fourth-order valence-electron chi connectivity index (χ4n) is 5.86. The van der Waals surface area contributed by atoms with Crippen molar-refractivity contribution in [2.45, 2.75) is 70.0 Å². The molecule has 0 amide bonds. The van der Waals surface area contributed by atoms with Gasteiger partial charge in [-0.3, -0.25) is 9.56 Å². The second kappa shape index (κ2) is 14.7. The fraction of sp³-hybridized carbons (Fsp3) is 0.424. The molecule has 1 aliphatic heterocycles. The van der Waals surface area contributed by atoms with Crippen LogP contribution in [0.4, 0.5) is 4.39 Å². The molecule has 3 heterocycles. The first-order valence-corrected chi connectivity index (χ1v) is 16.6. The lowest BCUT2D eigenvalue weighted by atomic mass is 9.92. The zero-order valence-corrected chi connectivity index (χ0v) is 27.1. The van der Waals surface area contributed by atoms with Gasteiger partial charge in [0.25, 0.3) is 0 Å². The summed E-state index contributed by atoms with van der Waals surface area (Å²) in [6.45, 7) is 1.97. The number of piperidine rings is 1. The molecule has 2 unspecified atom stereocenters. The Morgan fingerprint density at radius 3 is 2.80 bits per heavy atom. The van der Waals surface area contributed by atoms with Crippen LogP contribution in [0.3, 0.4) is 0 Å². The molecule has 0 spiro atoms. The lowest BCUT2D eigenvalue weighted by molar-refractivity contribution is 0.320. The Balaban J connectivity index is 1.31. The van der Waals surface area contributed by atoms with Crippen LogP contribution in [0.15, 0.2) is 58.4 Å². The van der Waals surface area contributed by atoms with Crippen molar-refractivity contribution < 1.29 is 4.39 Å². The first kappa shape index (κ1) is 32.2. The smallest absolute Gasteiger partial charge is 0.354 e. The number of rotatable bonds is 10. The van der Waals surface area contributed by atoms with Gasteiger partial charge in [-0.1, -0.05) is 41.9 Å². The Morgan fingerprint density at radius 1 is 1.27 bits per heavy atom. The predicted octanol–water partition coefficient (Wildman–Crippen LogP) is 6.35. The number of aromatic nitrogens is 3. The van der Waals surface area contributed by atoms with E-state index >= 15 is 4.39 Å². The first-order chi connectivity index (χ1) is 21.2. The standard InChI is InChI=1S/C33H41ClFN7OS/c1-20(36)6-4-7-21-16-26(30(35)27(34)17-21)29-18-23-19-42(33(43)41-31(23)40-29)25-12-10-22(11-13-25)28-9-5-8-24(39-28)14-15-44-32(37-2)38-3/h10-13,16-20,24,28,39H,4-9,14-15,36H2,1-3H3,(H,37,38)(H,40,41,43)/t20-,24?,28?/m0/s1. The highest BCUT2D eigenvalue weighted by atomic mass is 35.5. The summed E-state index contributed by atoms with van der Waals surface area (Å²) in [6.07, 6.45) is 8.75. The van der Waals surface area contributed by atoms with Crippen molar-refractivity contribution >= 4 is 39.6 Å². The summed E-state index contributed by atoms with van der Waals surface area (Å²) in [5.41, 5.74) is 9.62. The number of halogens is 2. The summed E-state index contributed by atoms with van der Waals surface area (Å²) in [5, 5.41) is 8.66. The zero-order chi connectivity index (χ0) is 31.2. The maximum absolute atomic E-state index is 15.1. The molecule has 0 aliphatic carbocycles. The van der Waals surface area contributed by atoms with Crippen molar-refractivity contribution in [1.29, 1.82) is 0 Å². The first-order valence-electron chi connectivity index (χ1n) is 15.3. The van der Waals surface area contributed by atoms with E-state index in [1.807, 2.05) is 32.2 Å². The van der Waals surface area contributed by atoms with Crippen LogP contribution in [-0.4, -0.2) is 51.6 Å². The Morgan fingerprint density at radius 2 is 2.07 bits per heavy atom. The number of hydrogen-bond acceptors (Lipinski definition) is 6. The second-order valence-electron chi connectivity index (χ2n) is 11.5. The molecule has 234 valence electrons. The van der Waals surface area contributed by atoms with Gasteiger partial charge in [0.05, 0.1) is 16.4 Å². The van der Waals surface area contributed by atoms with Crippen LogP contribution >= 0.6 is 23.4 Å². The van der Waals surface area contributed by atoms with Crippen molar-refractivity contribution in [1.82, 2.24) is 25.2 Å². The van der Waals surface area contributed by atoms with E-state index in [1.165, 1.54) is 23.0 Å². The number of fused-ring (bicyclic) bond motifs is 1. The third kappa shape index (κ3) is 7.72. The van der Waals surface area contributed by atoms with Gasteiger partial charge >= 0.3 is 5.69 Å². The van der Waals surface area contributed by atoms with Crippen molar-refractivity contribution in [3.63, 3.8) is 0 Å². The molecule has 4 aromatic rings. The third-order valence-corrected chi connectivity index (χ3v) is 9.56. The van der Waals surface area contributed by atoms with Crippen LogP contribution in [0.5, 0.6) is 0 Å². The van der Waals surface area contributed by atoms with E-state index in [4.69, 9.17) is 17.3 Å². The lowest BCUT2D eigenvalue weighted by Crippen LogP contribution is -2.37. The molecule has 1 saturated heterocycles. The van der Waals surface area contributed by atoms with Gasteiger partial charge in [-0.2, -0.15) is 4.98 Å². The number of thioether (sulfide) groups is 1. The number of amidine groups is 1. The number of hydrogen-bond donors (Lipinski definition) is 4. The average Bonchev–Trinajstić information content (AvgIpc) is 3.43. The normalized spacial score (nSPS) is 18.1. The monoisotopic (exact) mass is 637 g/mol. The quantitative estimate of drug-likeness (QED) is 0.119. The Hall–Kier alpha value is -3.18. The van der Waals surface area contributed by atoms with Gasteiger partial charge in [0.2, 0.25) is 0 Å². The SMILES string of the molecule is CN=C(NC)SCCC1CCCC(c2ccc(-n3cc4cc(-c5cc(CCC[C@H](C)N)cc(Cl)c5F)[nH]c4nc3=O)cc2)N1.